The second-order valence-corrected chi connectivity index (χ2v) is 6.58. The number of aromatic nitrogens is 2. The van der Waals surface area contributed by atoms with Gasteiger partial charge in [0.15, 0.2) is 5.69 Å². The Balaban J connectivity index is 2.38. The molecule has 2 heterocycles. The number of hydrogen-bond acceptors (Lipinski definition) is 6. The molecule has 0 bridgehead atoms. The Hall–Kier alpha value is -2.82. The minimum atomic E-state index is -4.92. The first-order valence-corrected chi connectivity index (χ1v) is 9.21. The quantitative estimate of drug-likeness (QED) is 0.496. The van der Waals surface area contributed by atoms with E-state index in [1.807, 2.05) is 0 Å². The topological polar surface area (TPSA) is 83.6 Å². The molecule has 3 aromatic rings. The molecule has 2 aromatic heterocycles. The van der Waals surface area contributed by atoms with Gasteiger partial charge in [-0.1, -0.05) is 15.9 Å². The van der Waals surface area contributed by atoms with Crippen molar-refractivity contribution in [2.75, 3.05) is 13.2 Å². The van der Waals surface area contributed by atoms with Gasteiger partial charge in [0.25, 0.3) is 0 Å². The molecule has 0 atom stereocenters. The molecule has 29 heavy (non-hydrogen) atoms. The number of halogens is 4. The molecule has 0 aliphatic heterocycles. The maximum atomic E-state index is 13.7. The summed E-state index contributed by atoms with van der Waals surface area (Å²) in [5.74, 6) is -2.90. The Morgan fingerprint density at radius 1 is 1.10 bits per heavy atom. The molecule has 0 radical (unpaired) electrons. The molecule has 0 spiro atoms. The first kappa shape index (κ1) is 20.9. The minimum Gasteiger partial charge on any atom is -0.462 e. The van der Waals surface area contributed by atoms with Crippen molar-refractivity contribution in [1.29, 1.82) is 0 Å². The van der Waals surface area contributed by atoms with E-state index in [9.17, 15) is 22.8 Å². The van der Waals surface area contributed by atoms with E-state index in [1.54, 1.807) is 12.1 Å². The molecule has 0 unspecified atom stereocenters. The van der Waals surface area contributed by atoms with Gasteiger partial charge in [0.05, 0.1) is 24.3 Å². The number of carbonyl (C=O) groups is 2. The predicted molar refractivity (Wildman–Crippen MR) is 98.0 cm³/mol. The van der Waals surface area contributed by atoms with E-state index in [4.69, 9.17) is 13.9 Å². The van der Waals surface area contributed by atoms with E-state index >= 15 is 0 Å². The summed E-state index contributed by atoms with van der Waals surface area (Å²) in [6.45, 7) is 2.81. The molecule has 3 rings (SSSR count). The zero-order valence-corrected chi connectivity index (χ0v) is 16.8. The van der Waals surface area contributed by atoms with E-state index in [0.717, 1.165) is 4.68 Å². The smallest absolute Gasteiger partial charge is 0.435 e. The molecule has 1 aromatic carbocycles. The summed E-state index contributed by atoms with van der Waals surface area (Å²) in [5, 5.41) is 2.93. The highest BCUT2D eigenvalue weighted by Crippen LogP contribution is 2.40. The molecule has 11 heteroatoms. The Morgan fingerprint density at radius 2 is 1.69 bits per heavy atom. The summed E-state index contributed by atoms with van der Waals surface area (Å²) in [5.41, 5.74) is -2.24. The van der Waals surface area contributed by atoms with Crippen LogP contribution in [-0.2, 0) is 15.7 Å². The highest BCUT2D eigenvalue weighted by atomic mass is 79.9. The number of benzene rings is 1. The number of rotatable bonds is 5. The van der Waals surface area contributed by atoms with Crippen LogP contribution in [0.1, 0.15) is 40.5 Å². The van der Waals surface area contributed by atoms with Crippen molar-refractivity contribution in [2.24, 2.45) is 0 Å². The lowest BCUT2D eigenvalue weighted by Gasteiger charge is -2.06. The van der Waals surface area contributed by atoms with Gasteiger partial charge in [0.1, 0.15) is 5.56 Å². The van der Waals surface area contributed by atoms with Crippen LogP contribution in [0.2, 0.25) is 0 Å². The third kappa shape index (κ3) is 3.86. The summed E-state index contributed by atoms with van der Waals surface area (Å²) >= 11 is 3.24. The largest absolute Gasteiger partial charge is 0.462 e. The fourth-order valence-corrected chi connectivity index (χ4v) is 2.94. The van der Waals surface area contributed by atoms with E-state index in [2.05, 4.69) is 21.0 Å². The number of alkyl halides is 3. The molecule has 154 valence electrons. The minimum absolute atomic E-state index is 0.0664. The monoisotopic (exact) mass is 474 g/mol. The molecule has 0 fully saturated rings. The van der Waals surface area contributed by atoms with Crippen molar-refractivity contribution in [3.05, 3.63) is 45.8 Å². The van der Waals surface area contributed by atoms with Crippen LogP contribution in [0.25, 0.3) is 16.8 Å². The van der Waals surface area contributed by atoms with Gasteiger partial charge in [-0.2, -0.15) is 23.0 Å². The molecule has 0 amide bonds. The number of fused-ring (bicyclic) bond motifs is 1. The van der Waals surface area contributed by atoms with Gasteiger partial charge in [-0.05, 0) is 38.1 Å². The van der Waals surface area contributed by atoms with Gasteiger partial charge in [-0.3, -0.25) is 0 Å². The standard InChI is InChI=1S/C18H14BrF3N2O5/c1-3-27-16(25)11-12-14(18(20,21)22)23-24(10-7-5-9(19)6-8-10)15(12)29-13(11)17(26)28-4-2/h5-8H,3-4H2,1-2H3. The lowest BCUT2D eigenvalue weighted by Crippen LogP contribution is -2.14. The normalized spacial score (nSPS) is 11.7. The van der Waals surface area contributed by atoms with Gasteiger partial charge in [0, 0.05) is 4.47 Å². The number of esters is 2. The summed E-state index contributed by atoms with van der Waals surface area (Å²) in [4.78, 5) is 24.7. The van der Waals surface area contributed by atoms with Gasteiger partial charge in [0.2, 0.25) is 11.5 Å². The average Bonchev–Trinajstić information content (AvgIpc) is 3.19. The van der Waals surface area contributed by atoms with Crippen LogP contribution < -0.4 is 0 Å². The SMILES string of the molecule is CCOC(=O)c1oc2c(c(C(F)(F)F)nn2-c2ccc(Br)cc2)c1C(=O)OCC. The van der Waals surface area contributed by atoms with E-state index in [0.29, 0.717) is 4.47 Å². The summed E-state index contributed by atoms with van der Waals surface area (Å²) in [7, 11) is 0. The van der Waals surface area contributed by atoms with Gasteiger partial charge < -0.3 is 13.9 Å². The fourth-order valence-electron chi connectivity index (χ4n) is 2.68. The van der Waals surface area contributed by atoms with Crippen LogP contribution in [-0.4, -0.2) is 34.9 Å². The lowest BCUT2D eigenvalue weighted by molar-refractivity contribution is -0.140. The molecule has 0 N–H and O–H groups in total. The average molecular weight is 475 g/mol. The summed E-state index contributed by atoms with van der Waals surface area (Å²) in [6, 6.07) is 6.18. The molecular weight excluding hydrogens is 461 g/mol. The predicted octanol–water partition coefficient (Wildman–Crippen LogP) is 4.75. The third-order valence-electron chi connectivity index (χ3n) is 3.80. The maximum Gasteiger partial charge on any atom is 0.435 e. The van der Waals surface area contributed by atoms with Crippen LogP contribution in [0.5, 0.6) is 0 Å². The zero-order chi connectivity index (χ0) is 21.3. The van der Waals surface area contributed by atoms with E-state index in [1.165, 1.54) is 26.0 Å². The third-order valence-corrected chi connectivity index (χ3v) is 4.33. The second kappa shape index (κ2) is 7.90. The fraction of sp³-hybridized carbons (Fsp3) is 0.278. The number of furan rings is 1. The van der Waals surface area contributed by atoms with Crippen LogP contribution in [0.3, 0.4) is 0 Å². The first-order valence-electron chi connectivity index (χ1n) is 8.41. The zero-order valence-electron chi connectivity index (χ0n) is 15.2. The number of nitrogens with zero attached hydrogens (tertiary/aromatic N) is 2. The molecule has 7 nitrogen and oxygen atoms in total. The highest BCUT2D eigenvalue weighted by molar-refractivity contribution is 9.10. The molecule has 0 saturated carbocycles. The van der Waals surface area contributed by atoms with E-state index < -0.39 is 46.2 Å². The first-order chi connectivity index (χ1) is 13.7. The molecule has 0 aliphatic carbocycles. The Kier molecular flexibility index (Phi) is 5.69. The number of carbonyl (C=O) groups excluding carboxylic acids is 2. The highest BCUT2D eigenvalue weighted by Gasteiger charge is 2.43. The number of ether oxygens (including phenoxy) is 2. The van der Waals surface area contributed by atoms with Crippen LogP contribution in [0.15, 0.2) is 33.2 Å². The molecule has 0 aliphatic rings. The van der Waals surface area contributed by atoms with Crippen molar-refractivity contribution in [3.63, 3.8) is 0 Å². The summed E-state index contributed by atoms with van der Waals surface area (Å²) in [6.07, 6.45) is -4.92. The van der Waals surface area contributed by atoms with Crippen molar-refractivity contribution in [2.45, 2.75) is 20.0 Å². The van der Waals surface area contributed by atoms with Crippen LogP contribution in [0, 0.1) is 0 Å². The van der Waals surface area contributed by atoms with Crippen LogP contribution in [0.4, 0.5) is 13.2 Å². The van der Waals surface area contributed by atoms with Gasteiger partial charge in [-0.25, -0.2) is 9.59 Å². The van der Waals surface area contributed by atoms with Gasteiger partial charge in [-0.15, -0.1) is 0 Å². The van der Waals surface area contributed by atoms with Crippen molar-refractivity contribution in [1.82, 2.24) is 9.78 Å². The van der Waals surface area contributed by atoms with Crippen molar-refractivity contribution < 1.29 is 36.7 Å². The van der Waals surface area contributed by atoms with Gasteiger partial charge >= 0.3 is 18.1 Å². The molecular formula is C18H14BrF3N2O5. The number of hydrogen-bond donors (Lipinski definition) is 0. The van der Waals surface area contributed by atoms with E-state index in [-0.39, 0.29) is 18.9 Å². The maximum absolute atomic E-state index is 13.7. The van der Waals surface area contributed by atoms with Crippen molar-refractivity contribution >= 4 is 39.0 Å². The van der Waals surface area contributed by atoms with Crippen LogP contribution >= 0.6 is 15.9 Å². The Bertz CT molecular complexity index is 1070. The molecule has 0 saturated heterocycles. The Labute approximate surface area is 170 Å². The lowest BCUT2D eigenvalue weighted by atomic mass is 10.1. The summed E-state index contributed by atoms with van der Waals surface area (Å²) < 4.78 is 57.7. The Morgan fingerprint density at radius 3 is 2.24 bits per heavy atom. The second-order valence-electron chi connectivity index (χ2n) is 5.66. The van der Waals surface area contributed by atoms with Crippen molar-refractivity contribution in [3.8, 4) is 5.69 Å².